The monoisotopic (exact) mass is 285 g/mol. The number of sulfonamides is 1. The molecule has 0 fully saturated rings. The standard InChI is InChI=1S/C8H6F3NO5S/c9-8(10,11)18(16,17)12-4-1-2-5(7(14)15)6(13)3-4/h1-3,12-13H,(H,14,15). The minimum atomic E-state index is -5.61. The number of carboxylic acid groups (broad SMARTS) is 1. The third-order valence-electron chi connectivity index (χ3n) is 1.79. The van der Waals surface area contributed by atoms with Crippen LogP contribution in [0.5, 0.6) is 5.75 Å². The molecule has 0 unspecified atom stereocenters. The first kappa shape index (κ1) is 14.1. The lowest BCUT2D eigenvalue weighted by Gasteiger charge is -2.11. The molecular weight excluding hydrogens is 279 g/mol. The molecule has 0 radical (unpaired) electrons. The van der Waals surface area contributed by atoms with Crippen LogP contribution in [0.3, 0.4) is 0 Å². The first-order valence-corrected chi connectivity index (χ1v) is 5.68. The van der Waals surface area contributed by atoms with Crippen molar-refractivity contribution in [2.45, 2.75) is 5.51 Å². The molecule has 1 rings (SSSR count). The fraction of sp³-hybridized carbons (Fsp3) is 0.125. The molecule has 0 amide bonds. The van der Waals surface area contributed by atoms with Crippen molar-refractivity contribution < 1.29 is 36.6 Å². The molecule has 0 aliphatic heterocycles. The van der Waals surface area contributed by atoms with Crippen LogP contribution in [0.1, 0.15) is 10.4 Å². The van der Waals surface area contributed by atoms with Crippen LogP contribution in [-0.2, 0) is 10.0 Å². The van der Waals surface area contributed by atoms with Gasteiger partial charge in [-0.3, -0.25) is 4.72 Å². The van der Waals surface area contributed by atoms with E-state index in [9.17, 15) is 26.4 Å². The molecular formula is C8H6F3NO5S. The fourth-order valence-electron chi connectivity index (χ4n) is 0.989. The Hall–Kier alpha value is -1.97. The molecule has 0 bridgehead atoms. The van der Waals surface area contributed by atoms with Crippen molar-refractivity contribution in [1.82, 2.24) is 0 Å². The quantitative estimate of drug-likeness (QED) is 0.777. The lowest BCUT2D eigenvalue weighted by atomic mass is 10.2. The molecule has 0 aromatic heterocycles. The van der Waals surface area contributed by atoms with Gasteiger partial charge in [0.2, 0.25) is 0 Å². The highest BCUT2D eigenvalue weighted by molar-refractivity contribution is 7.93. The summed E-state index contributed by atoms with van der Waals surface area (Å²) < 4.78 is 58.7. The predicted molar refractivity (Wildman–Crippen MR) is 53.7 cm³/mol. The number of alkyl halides is 3. The second-order valence-corrected chi connectivity index (χ2v) is 4.76. The number of hydrogen-bond donors (Lipinski definition) is 3. The van der Waals surface area contributed by atoms with Crippen LogP contribution in [0.15, 0.2) is 18.2 Å². The van der Waals surface area contributed by atoms with Gasteiger partial charge in [0, 0.05) is 6.07 Å². The highest BCUT2D eigenvalue weighted by atomic mass is 32.2. The van der Waals surface area contributed by atoms with Crippen LogP contribution in [0.2, 0.25) is 0 Å². The number of carboxylic acids is 1. The molecule has 18 heavy (non-hydrogen) atoms. The lowest BCUT2D eigenvalue weighted by molar-refractivity contribution is -0.0429. The Labute approximate surface area is 98.7 Å². The topological polar surface area (TPSA) is 104 Å². The molecule has 0 saturated heterocycles. The molecule has 0 aliphatic rings. The second kappa shape index (κ2) is 4.37. The summed E-state index contributed by atoms with van der Waals surface area (Å²) >= 11 is 0. The summed E-state index contributed by atoms with van der Waals surface area (Å²) in [5.41, 5.74) is -6.67. The maximum atomic E-state index is 12.0. The molecule has 1 aromatic carbocycles. The lowest BCUT2D eigenvalue weighted by Crippen LogP contribution is -2.29. The van der Waals surface area contributed by atoms with E-state index in [0.29, 0.717) is 6.07 Å². The van der Waals surface area contributed by atoms with Crippen molar-refractivity contribution in [2.75, 3.05) is 4.72 Å². The number of aromatic hydroxyl groups is 1. The van der Waals surface area contributed by atoms with E-state index in [1.54, 1.807) is 0 Å². The zero-order valence-corrected chi connectivity index (χ0v) is 9.21. The summed E-state index contributed by atoms with van der Waals surface area (Å²) in [4.78, 5) is 10.5. The van der Waals surface area contributed by atoms with Crippen molar-refractivity contribution >= 4 is 21.7 Å². The van der Waals surface area contributed by atoms with Gasteiger partial charge in [0.05, 0.1) is 5.69 Å². The number of phenols is 1. The van der Waals surface area contributed by atoms with Crippen molar-refractivity contribution in [3.05, 3.63) is 23.8 Å². The Bertz CT molecular complexity index is 581. The molecule has 0 aliphatic carbocycles. The van der Waals surface area contributed by atoms with E-state index in [4.69, 9.17) is 10.2 Å². The van der Waals surface area contributed by atoms with Crippen LogP contribution < -0.4 is 4.72 Å². The number of carbonyl (C=O) groups is 1. The van der Waals surface area contributed by atoms with Crippen LogP contribution in [0.25, 0.3) is 0 Å². The van der Waals surface area contributed by atoms with E-state index >= 15 is 0 Å². The van der Waals surface area contributed by atoms with Crippen LogP contribution >= 0.6 is 0 Å². The highest BCUT2D eigenvalue weighted by Crippen LogP contribution is 2.28. The van der Waals surface area contributed by atoms with E-state index in [1.807, 2.05) is 0 Å². The summed E-state index contributed by atoms with van der Waals surface area (Å²) in [6, 6.07) is 2.12. The molecule has 10 heteroatoms. The second-order valence-electron chi connectivity index (χ2n) is 3.09. The van der Waals surface area contributed by atoms with Gasteiger partial charge in [-0.1, -0.05) is 0 Å². The van der Waals surface area contributed by atoms with Gasteiger partial charge in [-0.15, -0.1) is 0 Å². The molecule has 100 valence electrons. The van der Waals surface area contributed by atoms with E-state index in [1.165, 1.54) is 0 Å². The van der Waals surface area contributed by atoms with Gasteiger partial charge in [-0.25, -0.2) is 4.79 Å². The summed E-state index contributed by atoms with van der Waals surface area (Å²) in [5.74, 6) is -2.36. The maximum Gasteiger partial charge on any atom is 0.516 e. The average Bonchev–Trinajstić information content (AvgIpc) is 2.14. The average molecular weight is 285 g/mol. The number of rotatable bonds is 3. The first-order valence-electron chi connectivity index (χ1n) is 4.20. The van der Waals surface area contributed by atoms with Crippen molar-refractivity contribution in [2.24, 2.45) is 0 Å². The van der Waals surface area contributed by atoms with E-state index in [2.05, 4.69) is 0 Å². The Morgan fingerprint density at radius 1 is 1.28 bits per heavy atom. The molecule has 0 heterocycles. The van der Waals surface area contributed by atoms with Gasteiger partial charge < -0.3 is 10.2 Å². The number of nitrogens with one attached hydrogen (secondary N) is 1. The SMILES string of the molecule is O=C(O)c1ccc(NS(=O)(=O)C(F)(F)F)cc1O. The van der Waals surface area contributed by atoms with Crippen LogP contribution in [-0.4, -0.2) is 30.1 Å². The van der Waals surface area contributed by atoms with Gasteiger partial charge in [0.15, 0.2) is 0 Å². The third-order valence-corrected chi connectivity index (χ3v) is 2.90. The summed E-state index contributed by atoms with van der Waals surface area (Å²) in [6.45, 7) is 0. The van der Waals surface area contributed by atoms with Gasteiger partial charge in [-0.05, 0) is 12.1 Å². The summed E-state index contributed by atoms with van der Waals surface area (Å²) in [5, 5.41) is 17.7. The van der Waals surface area contributed by atoms with Crippen molar-refractivity contribution in [3.63, 3.8) is 0 Å². The summed E-state index contributed by atoms with van der Waals surface area (Å²) in [7, 11) is -5.61. The smallest absolute Gasteiger partial charge is 0.507 e. The fourth-order valence-corrected chi connectivity index (χ4v) is 1.54. The number of benzene rings is 1. The van der Waals surface area contributed by atoms with Crippen LogP contribution in [0.4, 0.5) is 18.9 Å². The van der Waals surface area contributed by atoms with Crippen molar-refractivity contribution in [1.29, 1.82) is 0 Å². The molecule has 1 aromatic rings. The Kier molecular flexibility index (Phi) is 3.42. The molecule has 6 nitrogen and oxygen atoms in total. The van der Waals surface area contributed by atoms with Gasteiger partial charge in [0.1, 0.15) is 11.3 Å². The third kappa shape index (κ3) is 2.83. The van der Waals surface area contributed by atoms with Crippen molar-refractivity contribution in [3.8, 4) is 5.75 Å². The number of halogens is 3. The summed E-state index contributed by atoms with van der Waals surface area (Å²) in [6.07, 6.45) is 0. The Morgan fingerprint density at radius 2 is 1.83 bits per heavy atom. The van der Waals surface area contributed by atoms with Gasteiger partial charge >= 0.3 is 21.5 Å². The zero-order valence-electron chi connectivity index (χ0n) is 8.39. The highest BCUT2D eigenvalue weighted by Gasteiger charge is 2.46. The largest absolute Gasteiger partial charge is 0.516 e. The normalized spacial score (nSPS) is 12.2. The number of anilines is 1. The Balaban J connectivity index is 3.09. The minimum absolute atomic E-state index is 0.562. The first-order chi connectivity index (χ1) is 8.04. The van der Waals surface area contributed by atoms with E-state index in [0.717, 1.165) is 16.9 Å². The molecule has 0 spiro atoms. The number of hydrogen-bond acceptors (Lipinski definition) is 4. The van der Waals surface area contributed by atoms with Gasteiger partial charge in [-0.2, -0.15) is 21.6 Å². The van der Waals surface area contributed by atoms with Crippen LogP contribution in [0, 0.1) is 0 Å². The molecule has 0 atom stereocenters. The Morgan fingerprint density at radius 3 is 2.22 bits per heavy atom. The van der Waals surface area contributed by atoms with E-state index in [-0.39, 0.29) is 0 Å². The number of aromatic carboxylic acids is 1. The molecule has 3 N–H and O–H groups in total. The van der Waals surface area contributed by atoms with E-state index < -0.39 is 38.5 Å². The molecule has 0 saturated carbocycles. The predicted octanol–water partition coefficient (Wildman–Crippen LogP) is 1.35. The maximum absolute atomic E-state index is 12.0. The minimum Gasteiger partial charge on any atom is -0.507 e. The van der Waals surface area contributed by atoms with Gasteiger partial charge in [0.25, 0.3) is 0 Å². The zero-order chi connectivity index (χ0) is 14.1.